The molecule has 1 amide bonds. The van der Waals surface area contributed by atoms with Crippen LogP contribution in [0.5, 0.6) is 0 Å². The van der Waals surface area contributed by atoms with E-state index in [0.717, 1.165) is 4.88 Å². The fourth-order valence-corrected chi connectivity index (χ4v) is 2.92. The normalized spacial score (nSPS) is 10.5. The van der Waals surface area contributed by atoms with Crippen molar-refractivity contribution in [3.8, 4) is 0 Å². The van der Waals surface area contributed by atoms with E-state index in [1.807, 2.05) is 0 Å². The third-order valence-electron chi connectivity index (χ3n) is 2.39. The Labute approximate surface area is 107 Å². The average Bonchev–Trinajstić information content (AvgIpc) is 2.83. The number of carbonyl (C=O) groups is 1. The van der Waals surface area contributed by atoms with E-state index in [9.17, 15) is 4.79 Å². The number of thiophene rings is 1. The Balaban J connectivity index is 1.96. The number of rotatable bonds is 3. The van der Waals surface area contributed by atoms with Crippen LogP contribution in [-0.4, -0.2) is 10.9 Å². The highest BCUT2D eigenvalue weighted by molar-refractivity contribution is 7.13. The van der Waals surface area contributed by atoms with Gasteiger partial charge in [0.15, 0.2) is 5.13 Å². The smallest absolute Gasteiger partial charge is 0.271 e. The van der Waals surface area contributed by atoms with Crippen LogP contribution in [0.4, 0.5) is 5.13 Å². The summed E-state index contributed by atoms with van der Waals surface area (Å²) in [4.78, 5) is 18.1. The molecule has 0 aliphatic heterocycles. The van der Waals surface area contributed by atoms with Gasteiger partial charge < -0.3 is 11.1 Å². The van der Waals surface area contributed by atoms with Crippen molar-refractivity contribution in [3.63, 3.8) is 0 Å². The zero-order valence-corrected chi connectivity index (χ0v) is 11.2. The molecule has 0 aliphatic rings. The van der Waals surface area contributed by atoms with Gasteiger partial charge in [-0.3, -0.25) is 4.79 Å². The number of nitrogens with zero attached hydrogens (tertiary/aromatic N) is 1. The standard InChI is InChI=1S/C11H13N3OS2/c1-6-3-8(17-7(6)2)4-13-10(15)9-5-16-11(12)14-9/h3,5H,4H2,1-2H3,(H2,12,14)(H,13,15). The molecule has 2 heterocycles. The first-order chi connectivity index (χ1) is 8.06. The zero-order valence-electron chi connectivity index (χ0n) is 9.61. The predicted molar refractivity (Wildman–Crippen MR) is 71.5 cm³/mol. The first-order valence-corrected chi connectivity index (χ1v) is 6.81. The van der Waals surface area contributed by atoms with E-state index in [-0.39, 0.29) is 5.91 Å². The molecule has 0 spiro atoms. The minimum Gasteiger partial charge on any atom is -0.375 e. The third-order valence-corrected chi connectivity index (χ3v) is 4.22. The Morgan fingerprint density at radius 1 is 1.53 bits per heavy atom. The monoisotopic (exact) mass is 267 g/mol. The summed E-state index contributed by atoms with van der Waals surface area (Å²) in [5.41, 5.74) is 7.12. The molecule has 0 aromatic carbocycles. The molecule has 0 radical (unpaired) electrons. The highest BCUT2D eigenvalue weighted by Crippen LogP contribution is 2.20. The Hall–Kier alpha value is -1.40. The lowest BCUT2D eigenvalue weighted by Gasteiger charge is -2.00. The van der Waals surface area contributed by atoms with E-state index in [4.69, 9.17) is 5.73 Å². The van der Waals surface area contributed by atoms with Gasteiger partial charge in [-0.25, -0.2) is 4.98 Å². The molecule has 4 nitrogen and oxygen atoms in total. The highest BCUT2D eigenvalue weighted by Gasteiger charge is 2.10. The van der Waals surface area contributed by atoms with Gasteiger partial charge in [0.25, 0.3) is 5.91 Å². The summed E-state index contributed by atoms with van der Waals surface area (Å²) in [7, 11) is 0. The topological polar surface area (TPSA) is 68.0 Å². The van der Waals surface area contributed by atoms with Crippen LogP contribution in [0, 0.1) is 13.8 Å². The summed E-state index contributed by atoms with van der Waals surface area (Å²) in [5.74, 6) is -0.179. The molecule has 2 rings (SSSR count). The minimum absolute atomic E-state index is 0.179. The second kappa shape index (κ2) is 4.85. The molecule has 0 saturated carbocycles. The van der Waals surface area contributed by atoms with E-state index in [2.05, 4.69) is 30.2 Å². The lowest BCUT2D eigenvalue weighted by Crippen LogP contribution is -2.22. The number of amides is 1. The molecule has 0 saturated heterocycles. The second-order valence-electron chi connectivity index (χ2n) is 3.71. The Bertz CT molecular complexity index is 525. The molecule has 0 unspecified atom stereocenters. The van der Waals surface area contributed by atoms with Crippen molar-refractivity contribution in [2.45, 2.75) is 20.4 Å². The average molecular weight is 267 g/mol. The van der Waals surface area contributed by atoms with Gasteiger partial charge in [0.1, 0.15) is 5.69 Å². The van der Waals surface area contributed by atoms with E-state index in [1.165, 1.54) is 21.8 Å². The van der Waals surface area contributed by atoms with Crippen LogP contribution in [0.25, 0.3) is 0 Å². The zero-order chi connectivity index (χ0) is 12.4. The fraction of sp³-hybridized carbons (Fsp3) is 0.273. The van der Waals surface area contributed by atoms with Crippen molar-refractivity contribution < 1.29 is 4.79 Å². The number of nitrogens with one attached hydrogen (secondary N) is 1. The van der Waals surface area contributed by atoms with Crippen LogP contribution in [0.2, 0.25) is 0 Å². The molecule has 6 heteroatoms. The Kier molecular flexibility index (Phi) is 3.44. The van der Waals surface area contributed by atoms with Gasteiger partial charge in [-0.1, -0.05) is 0 Å². The third kappa shape index (κ3) is 2.83. The molecule has 90 valence electrons. The van der Waals surface area contributed by atoms with Crippen LogP contribution in [0.1, 0.15) is 25.8 Å². The maximum absolute atomic E-state index is 11.7. The van der Waals surface area contributed by atoms with E-state index < -0.39 is 0 Å². The van der Waals surface area contributed by atoms with Crippen LogP contribution in [0.15, 0.2) is 11.4 Å². The molecular weight excluding hydrogens is 254 g/mol. The van der Waals surface area contributed by atoms with Crippen molar-refractivity contribution in [2.24, 2.45) is 0 Å². The number of thiazole rings is 1. The number of anilines is 1. The lowest BCUT2D eigenvalue weighted by molar-refractivity contribution is 0.0947. The van der Waals surface area contributed by atoms with Gasteiger partial charge in [0.2, 0.25) is 0 Å². The highest BCUT2D eigenvalue weighted by atomic mass is 32.1. The molecule has 3 N–H and O–H groups in total. The maximum atomic E-state index is 11.7. The summed E-state index contributed by atoms with van der Waals surface area (Å²) in [6, 6.07) is 2.09. The van der Waals surface area contributed by atoms with Gasteiger partial charge >= 0.3 is 0 Å². The number of carbonyl (C=O) groups excluding carboxylic acids is 1. The Morgan fingerprint density at radius 2 is 2.29 bits per heavy atom. The van der Waals surface area contributed by atoms with Crippen molar-refractivity contribution >= 4 is 33.7 Å². The van der Waals surface area contributed by atoms with E-state index in [1.54, 1.807) is 16.7 Å². The lowest BCUT2D eigenvalue weighted by atomic mass is 10.3. The number of hydrogen-bond donors (Lipinski definition) is 2. The number of aryl methyl sites for hydroxylation is 2. The van der Waals surface area contributed by atoms with Gasteiger partial charge in [0.05, 0.1) is 6.54 Å². The van der Waals surface area contributed by atoms with Crippen molar-refractivity contribution in [1.29, 1.82) is 0 Å². The summed E-state index contributed by atoms with van der Waals surface area (Å²) >= 11 is 2.97. The number of nitrogen functional groups attached to an aromatic ring is 1. The van der Waals surface area contributed by atoms with Crippen molar-refractivity contribution in [1.82, 2.24) is 10.3 Å². The Morgan fingerprint density at radius 3 is 2.82 bits per heavy atom. The first kappa shape index (κ1) is 12.1. The number of hydrogen-bond acceptors (Lipinski definition) is 5. The molecule has 0 atom stereocenters. The van der Waals surface area contributed by atoms with Crippen molar-refractivity contribution in [2.75, 3.05) is 5.73 Å². The molecule has 17 heavy (non-hydrogen) atoms. The van der Waals surface area contributed by atoms with Crippen LogP contribution in [0.3, 0.4) is 0 Å². The van der Waals surface area contributed by atoms with Crippen LogP contribution < -0.4 is 11.1 Å². The largest absolute Gasteiger partial charge is 0.375 e. The van der Waals surface area contributed by atoms with Crippen molar-refractivity contribution in [3.05, 3.63) is 32.5 Å². The SMILES string of the molecule is Cc1cc(CNC(=O)c2csc(N)n2)sc1C. The number of aromatic nitrogens is 1. The molecular formula is C11H13N3OS2. The summed E-state index contributed by atoms with van der Waals surface area (Å²) in [6.07, 6.45) is 0. The molecule has 2 aromatic heterocycles. The van der Waals surface area contributed by atoms with Gasteiger partial charge in [-0.15, -0.1) is 22.7 Å². The second-order valence-corrected chi connectivity index (χ2v) is 5.94. The summed E-state index contributed by atoms with van der Waals surface area (Å²) in [6.45, 7) is 4.68. The van der Waals surface area contributed by atoms with Gasteiger partial charge in [-0.05, 0) is 25.5 Å². The predicted octanol–water partition coefficient (Wildman–Crippen LogP) is 2.33. The molecule has 0 bridgehead atoms. The van der Waals surface area contributed by atoms with Gasteiger partial charge in [0, 0.05) is 15.1 Å². The molecule has 2 aromatic rings. The fourth-order valence-electron chi connectivity index (χ4n) is 1.39. The van der Waals surface area contributed by atoms with E-state index >= 15 is 0 Å². The minimum atomic E-state index is -0.179. The van der Waals surface area contributed by atoms with Crippen LogP contribution in [-0.2, 0) is 6.54 Å². The maximum Gasteiger partial charge on any atom is 0.271 e. The van der Waals surface area contributed by atoms with E-state index in [0.29, 0.717) is 17.4 Å². The molecule has 0 aliphatic carbocycles. The summed E-state index contributed by atoms with van der Waals surface area (Å²) < 4.78 is 0. The molecule has 0 fully saturated rings. The first-order valence-electron chi connectivity index (χ1n) is 5.11. The quantitative estimate of drug-likeness (QED) is 0.897. The summed E-state index contributed by atoms with van der Waals surface area (Å²) in [5, 5.41) is 4.91. The number of nitrogens with two attached hydrogens (primary N) is 1. The van der Waals surface area contributed by atoms with Crippen LogP contribution >= 0.6 is 22.7 Å². The van der Waals surface area contributed by atoms with Gasteiger partial charge in [-0.2, -0.15) is 0 Å².